The van der Waals surface area contributed by atoms with Crippen LogP contribution in [-0.4, -0.2) is 54.4 Å². The molecular weight excluding hydrogens is 786 g/mol. The zero-order valence-electron chi connectivity index (χ0n) is 35.9. The summed E-state index contributed by atoms with van der Waals surface area (Å²) in [5.41, 5.74) is 13.2. The molecule has 0 amide bonds. The summed E-state index contributed by atoms with van der Waals surface area (Å²) in [6.07, 6.45) is 0. The lowest BCUT2D eigenvalue weighted by Gasteiger charge is -2.41. The van der Waals surface area contributed by atoms with E-state index in [0.29, 0.717) is 66.2 Å². The maximum absolute atomic E-state index is 7.52. The minimum Gasteiger partial charge on any atom is -0.313 e. The largest absolute Gasteiger partial charge is 0.313 e. The second-order valence-electron chi connectivity index (χ2n) is 17.1. The number of nitrogens with zero attached hydrogens (tertiary/aromatic N) is 1. The van der Waals surface area contributed by atoms with Crippen molar-refractivity contribution in [1.82, 2.24) is 0 Å². The highest BCUT2D eigenvalue weighted by atomic mass is 15.2. The number of hydrogen-bond acceptors (Lipinski definition) is 1. The molecule has 11 aromatic rings. The van der Waals surface area contributed by atoms with Crippen LogP contribution in [0, 0.1) is 0 Å². The summed E-state index contributed by atoms with van der Waals surface area (Å²) in [6, 6.07) is 64.9. The lowest BCUT2D eigenvalue weighted by Crippen LogP contribution is -2.60. The molecule has 0 fully saturated rings. The molecule has 1 heterocycles. The van der Waals surface area contributed by atoms with Crippen molar-refractivity contribution in [3.8, 4) is 44.5 Å². The lowest BCUT2D eigenvalue weighted by atomic mass is 9.48. The van der Waals surface area contributed by atoms with Gasteiger partial charge < -0.3 is 4.90 Å². The zero-order chi connectivity index (χ0) is 44.8. The molecule has 0 N–H and O–H groups in total. The number of hydrogen-bond donors (Lipinski definition) is 0. The predicted molar refractivity (Wildman–Crippen MR) is 290 cm³/mol. The van der Waals surface area contributed by atoms with E-state index in [1.54, 1.807) is 0 Å². The van der Waals surface area contributed by atoms with Crippen LogP contribution >= 0.6 is 0 Å². The van der Waals surface area contributed by atoms with Crippen LogP contribution in [0.3, 0.4) is 0 Å². The lowest BCUT2D eigenvalue weighted by molar-refractivity contribution is 1.33. The first-order valence-corrected chi connectivity index (χ1v) is 22.0. The first-order chi connectivity index (χ1) is 32.3. The molecule has 1 aliphatic rings. The van der Waals surface area contributed by atoms with Gasteiger partial charge in [-0.15, -0.1) is 0 Å². The Morgan fingerprint density at radius 2 is 0.682 bits per heavy atom. The quantitative estimate of drug-likeness (QED) is 0.132. The molecule has 0 bridgehead atoms. The van der Waals surface area contributed by atoms with Gasteiger partial charge in [-0.25, -0.2) is 0 Å². The fourth-order valence-electron chi connectivity index (χ4n) is 10.4. The predicted octanol–water partition coefficient (Wildman–Crippen LogP) is 7.17. The molecule has 289 valence electrons. The van der Waals surface area contributed by atoms with E-state index in [-0.39, 0.29) is 0 Å². The van der Waals surface area contributed by atoms with Gasteiger partial charge in [0, 0.05) is 17.1 Å². The molecule has 8 heteroatoms. The van der Waals surface area contributed by atoms with Gasteiger partial charge >= 0.3 is 0 Å². The maximum atomic E-state index is 7.52. The van der Waals surface area contributed by atoms with Gasteiger partial charge in [0.2, 0.25) is 0 Å². The molecule has 12 rings (SSSR count). The Morgan fingerprint density at radius 3 is 1.15 bits per heavy atom. The Bertz CT molecular complexity index is 3620. The monoisotopic (exact) mass is 818 g/mol. The van der Waals surface area contributed by atoms with Crippen LogP contribution in [0.15, 0.2) is 188 Å². The Hall–Kier alpha value is -7.29. The smallest absolute Gasteiger partial charge is 0.195 e. The molecule has 13 radical (unpaired) electrons. The molecule has 11 aromatic carbocycles. The van der Waals surface area contributed by atoms with Crippen molar-refractivity contribution in [2.45, 2.75) is 0 Å². The summed E-state index contributed by atoms with van der Waals surface area (Å²) >= 11 is 0. The molecule has 66 heavy (non-hydrogen) atoms. The van der Waals surface area contributed by atoms with Gasteiger partial charge in [-0.3, -0.25) is 0 Å². The van der Waals surface area contributed by atoms with Gasteiger partial charge in [0.05, 0.1) is 0 Å². The number of fused-ring (bicyclic) bond motifs is 8. The zero-order valence-corrected chi connectivity index (χ0v) is 35.9. The summed E-state index contributed by atoms with van der Waals surface area (Å²) in [6.45, 7) is 0. The first-order valence-electron chi connectivity index (χ1n) is 22.0. The molecule has 1 aliphatic heterocycles. The van der Waals surface area contributed by atoms with E-state index in [0.717, 1.165) is 82.2 Å². The van der Waals surface area contributed by atoms with Crippen molar-refractivity contribution >= 4 is 158 Å². The van der Waals surface area contributed by atoms with Crippen molar-refractivity contribution in [1.29, 1.82) is 0 Å². The van der Waals surface area contributed by atoms with Crippen molar-refractivity contribution in [3.05, 3.63) is 188 Å². The highest BCUT2D eigenvalue weighted by molar-refractivity contribution is 6.83. The molecule has 0 aromatic heterocycles. The van der Waals surface area contributed by atoms with Crippen LogP contribution in [0.5, 0.6) is 0 Å². The van der Waals surface area contributed by atoms with Crippen LogP contribution < -0.4 is 48.6 Å². The third-order valence-electron chi connectivity index (χ3n) is 13.5. The molecule has 0 aliphatic carbocycles. The minimum absolute atomic E-state index is 0.355. The van der Waals surface area contributed by atoms with E-state index in [4.69, 9.17) is 47.1 Å². The molecule has 0 atom stereocenters. The summed E-state index contributed by atoms with van der Waals surface area (Å²) < 4.78 is 0. The Labute approximate surface area is 393 Å². The minimum atomic E-state index is 0.355. The fourth-order valence-corrected chi connectivity index (χ4v) is 10.4. The SMILES string of the molecule is [B]c1c([B])c2c(c([B])c1-c1cc3ccccc3c3ccccc13)[B]c1c([B])c(-c3cc4ccccc4c4ccccc34)c([B])c([B])c1N2c1ccc(-c2ccccc2-c2ccccc2)cc1. The van der Waals surface area contributed by atoms with Crippen LogP contribution in [0.4, 0.5) is 17.1 Å². The molecular formula is C58H31B7N. The summed E-state index contributed by atoms with van der Waals surface area (Å²) in [4.78, 5) is 2.03. The fraction of sp³-hybridized carbons (Fsp3) is 0. The Balaban J connectivity index is 1.12. The van der Waals surface area contributed by atoms with Crippen LogP contribution in [0.2, 0.25) is 0 Å². The average Bonchev–Trinajstić information content (AvgIpc) is 3.37. The molecule has 0 spiro atoms. The first kappa shape index (κ1) is 40.2. The summed E-state index contributed by atoms with van der Waals surface area (Å²) in [5, 5.41) is 8.59. The highest BCUT2D eigenvalue weighted by Gasteiger charge is 2.34. The third-order valence-corrected chi connectivity index (χ3v) is 13.5. The topological polar surface area (TPSA) is 3.24 Å². The Kier molecular flexibility index (Phi) is 9.58. The van der Waals surface area contributed by atoms with E-state index in [2.05, 4.69) is 158 Å². The molecule has 0 unspecified atom stereocenters. The van der Waals surface area contributed by atoms with Gasteiger partial charge in [-0.1, -0.05) is 207 Å². The molecule has 1 nitrogen and oxygen atoms in total. The van der Waals surface area contributed by atoms with Gasteiger partial charge in [-0.05, 0) is 112 Å². The normalized spacial score (nSPS) is 12.1. The van der Waals surface area contributed by atoms with E-state index >= 15 is 0 Å². The number of rotatable bonds is 5. The second kappa shape index (κ2) is 15.7. The van der Waals surface area contributed by atoms with Crippen LogP contribution in [0.1, 0.15) is 0 Å². The van der Waals surface area contributed by atoms with E-state index in [1.165, 1.54) is 0 Å². The van der Waals surface area contributed by atoms with Crippen LogP contribution in [0.25, 0.3) is 87.6 Å². The van der Waals surface area contributed by atoms with Crippen LogP contribution in [-0.2, 0) is 0 Å². The molecule has 0 saturated carbocycles. The highest BCUT2D eigenvalue weighted by Crippen LogP contribution is 2.40. The van der Waals surface area contributed by atoms with E-state index in [9.17, 15) is 0 Å². The van der Waals surface area contributed by atoms with Gasteiger partial charge in [0.25, 0.3) is 0 Å². The number of benzene rings is 11. The van der Waals surface area contributed by atoms with Gasteiger partial charge in [0.1, 0.15) is 47.1 Å². The molecule has 0 saturated heterocycles. The number of anilines is 3. The standard InChI is InChI=1S/C58H31B7N/c59-49-47(45-30-34-16-4-6-20-39(34)41-22-10-12-24-43(41)45)51(61)55-57(53(49)63)66(36-28-26-33(27-29-36)38-19-9-8-18-37(38)32-14-2-1-3-15-32)58-54(64)50(60)48(52(62)56(58)65-55)46-31-35-17-5-7-21-40(35)42-23-11-13-25-44(42)46/h1-31H. The third kappa shape index (κ3) is 6.11. The van der Waals surface area contributed by atoms with Crippen molar-refractivity contribution in [2.75, 3.05) is 4.90 Å². The van der Waals surface area contributed by atoms with E-state index < -0.39 is 0 Å². The van der Waals surface area contributed by atoms with E-state index in [1.807, 2.05) is 42.5 Å². The summed E-state index contributed by atoms with van der Waals surface area (Å²) in [5.74, 6) is 0. The van der Waals surface area contributed by atoms with Crippen molar-refractivity contribution in [3.63, 3.8) is 0 Å². The Morgan fingerprint density at radius 1 is 0.303 bits per heavy atom. The maximum Gasteiger partial charge on any atom is 0.195 e. The van der Waals surface area contributed by atoms with Crippen molar-refractivity contribution < 1.29 is 0 Å². The average molecular weight is 818 g/mol. The second-order valence-corrected chi connectivity index (χ2v) is 17.1. The summed E-state index contributed by atoms with van der Waals surface area (Å²) in [7, 11) is 46.4. The van der Waals surface area contributed by atoms with Gasteiger partial charge in [-0.2, -0.15) is 0 Å². The van der Waals surface area contributed by atoms with Gasteiger partial charge in [0.15, 0.2) is 7.28 Å². The van der Waals surface area contributed by atoms with Crippen molar-refractivity contribution in [2.24, 2.45) is 0 Å².